The first-order chi connectivity index (χ1) is 8.29. The Balaban J connectivity index is 5.40. The fourth-order valence-electron chi connectivity index (χ4n) is 1.40. The van der Waals surface area contributed by atoms with Crippen molar-refractivity contribution in [1.29, 1.82) is 0 Å². The summed E-state index contributed by atoms with van der Waals surface area (Å²) in [7, 11) is 0. The molecule has 0 aromatic carbocycles. The SMILES string of the molecule is C=CCC(C(=O)OC=C)C(O)(CC(=O)O)C(=O)O. The predicted octanol–water partition coefficient (Wildman–Crippen LogP) is 0.156. The summed E-state index contributed by atoms with van der Waals surface area (Å²) in [5.41, 5.74) is -2.76. The number of allylic oxidation sites excluding steroid dienone is 1. The minimum Gasteiger partial charge on any atom is -0.481 e. The second-order valence-corrected chi connectivity index (χ2v) is 3.48. The van der Waals surface area contributed by atoms with Crippen LogP contribution in [0.15, 0.2) is 25.5 Å². The van der Waals surface area contributed by atoms with E-state index in [0.717, 1.165) is 6.26 Å². The molecule has 3 N–H and O–H groups in total. The van der Waals surface area contributed by atoms with Gasteiger partial charge >= 0.3 is 17.9 Å². The van der Waals surface area contributed by atoms with Crippen LogP contribution in [0.2, 0.25) is 0 Å². The van der Waals surface area contributed by atoms with E-state index < -0.39 is 35.8 Å². The lowest BCUT2D eigenvalue weighted by Crippen LogP contribution is -2.50. The number of rotatable bonds is 8. The van der Waals surface area contributed by atoms with Gasteiger partial charge < -0.3 is 20.1 Å². The number of carboxylic acid groups (broad SMARTS) is 2. The van der Waals surface area contributed by atoms with Crippen LogP contribution in [-0.4, -0.2) is 38.8 Å². The third-order valence-corrected chi connectivity index (χ3v) is 2.25. The molecule has 2 atom stereocenters. The van der Waals surface area contributed by atoms with Gasteiger partial charge in [0, 0.05) is 0 Å². The number of carbonyl (C=O) groups is 3. The molecule has 0 aliphatic rings. The summed E-state index contributed by atoms with van der Waals surface area (Å²) in [4.78, 5) is 33.1. The Morgan fingerprint density at radius 1 is 1.28 bits per heavy atom. The predicted molar refractivity (Wildman–Crippen MR) is 59.4 cm³/mol. The van der Waals surface area contributed by atoms with Crippen molar-refractivity contribution in [2.75, 3.05) is 0 Å². The largest absolute Gasteiger partial charge is 0.481 e. The zero-order valence-corrected chi connectivity index (χ0v) is 9.54. The van der Waals surface area contributed by atoms with Crippen LogP contribution < -0.4 is 0 Å². The van der Waals surface area contributed by atoms with Gasteiger partial charge in [0.2, 0.25) is 0 Å². The van der Waals surface area contributed by atoms with Gasteiger partial charge in [-0.2, -0.15) is 0 Å². The third-order valence-electron chi connectivity index (χ3n) is 2.25. The fourth-order valence-corrected chi connectivity index (χ4v) is 1.40. The number of esters is 1. The number of carbonyl (C=O) groups excluding carboxylic acids is 1. The van der Waals surface area contributed by atoms with Gasteiger partial charge in [-0.25, -0.2) is 4.79 Å². The highest BCUT2D eigenvalue weighted by Gasteiger charge is 2.49. The summed E-state index contributed by atoms with van der Waals surface area (Å²) in [5.74, 6) is -6.05. The van der Waals surface area contributed by atoms with Crippen LogP contribution in [0.5, 0.6) is 0 Å². The quantitative estimate of drug-likeness (QED) is 0.322. The maximum Gasteiger partial charge on any atom is 0.337 e. The Kier molecular flexibility index (Phi) is 5.77. The van der Waals surface area contributed by atoms with Gasteiger partial charge in [0.15, 0.2) is 5.60 Å². The number of hydrogen-bond acceptors (Lipinski definition) is 5. The van der Waals surface area contributed by atoms with Crippen molar-refractivity contribution in [3.8, 4) is 0 Å². The van der Waals surface area contributed by atoms with E-state index in [1.165, 1.54) is 6.08 Å². The molecule has 2 unspecified atom stereocenters. The molecule has 0 radical (unpaired) electrons. The summed E-state index contributed by atoms with van der Waals surface area (Å²) < 4.78 is 4.40. The highest BCUT2D eigenvalue weighted by molar-refractivity contribution is 5.90. The topological polar surface area (TPSA) is 121 Å². The molecular weight excluding hydrogens is 244 g/mol. The Hall–Kier alpha value is -2.15. The first kappa shape index (κ1) is 15.9. The normalized spacial score (nSPS) is 14.9. The molecule has 0 saturated carbocycles. The minimum absolute atomic E-state index is 0.247. The number of hydrogen-bond donors (Lipinski definition) is 3. The molecule has 0 heterocycles. The van der Waals surface area contributed by atoms with Crippen molar-refractivity contribution < 1.29 is 34.4 Å². The van der Waals surface area contributed by atoms with Gasteiger partial charge in [0.25, 0.3) is 0 Å². The lowest BCUT2D eigenvalue weighted by Gasteiger charge is -2.28. The smallest absolute Gasteiger partial charge is 0.337 e. The van der Waals surface area contributed by atoms with E-state index >= 15 is 0 Å². The molecule has 0 aromatic heterocycles. The highest BCUT2D eigenvalue weighted by atomic mass is 16.5. The van der Waals surface area contributed by atoms with E-state index in [1.54, 1.807) is 0 Å². The Morgan fingerprint density at radius 2 is 1.83 bits per heavy atom. The molecule has 100 valence electrons. The van der Waals surface area contributed by atoms with Crippen LogP contribution >= 0.6 is 0 Å². The molecule has 0 rings (SSSR count). The van der Waals surface area contributed by atoms with Crippen molar-refractivity contribution >= 4 is 17.9 Å². The van der Waals surface area contributed by atoms with E-state index in [2.05, 4.69) is 17.9 Å². The Morgan fingerprint density at radius 3 is 2.17 bits per heavy atom. The van der Waals surface area contributed by atoms with Crippen LogP contribution in [0.4, 0.5) is 0 Å². The van der Waals surface area contributed by atoms with Crippen molar-refractivity contribution in [2.45, 2.75) is 18.4 Å². The van der Waals surface area contributed by atoms with Crippen molar-refractivity contribution in [3.63, 3.8) is 0 Å². The van der Waals surface area contributed by atoms with Gasteiger partial charge in [-0.3, -0.25) is 9.59 Å². The molecule has 0 amide bonds. The molecule has 0 saturated heterocycles. The summed E-state index contributed by atoms with van der Waals surface area (Å²) in [6.07, 6.45) is 0.571. The number of carboxylic acids is 2. The van der Waals surface area contributed by atoms with E-state index in [-0.39, 0.29) is 6.42 Å². The molecule has 0 aliphatic heterocycles. The average Bonchev–Trinajstić information content (AvgIpc) is 2.24. The van der Waals surface area contributed by atoms with Gasteiger partial charge in [0.1, 0.15) is 5.92 Å². The average molecular weight is 258 g/mol. The monoisotopic (exact) mass is 258 g/mol. The minimum atomic E-state index is -2.76. The zero-order valence-electron chi connectivity index (χ0n) is 9.54. The first-order valence-electron chi connectivity index (χ1n) is 4.89. The zero-order chi connectivity index (χ0) is 14.3. The lowest BCUT2D eigenvalue weighted by atomic mass is 9.82. The molecule has 0 spiro atoms. The van der Waals surface area contributed by atoms with Crippen LogP contribution in [0, 0.1) is 5.92 Å². The third kappa shape index (κ3) is 3.70. The number of aliphatic hydroxyl groups is 1. The van der Waals surface area contributed by atoms with Gasteiger partial charge in [0.05, 0.1) is 12.7 Å². The van der Waals surface area contributed by atoms with Crippen LogP contribution in [0.25, 0.3) is 0 Å². The molecular formula is C11H14O7. The lowest BCUT2D eigenvalue weighted by molar-refractivity contribution is -0.179. The van der Waals surface area contributed by atoms with E-state index in [0.29, 0.717) is 0 Å². The second-order valence-electron chi connectivity index (χ2n) is 3.48. The van der Waals surface area contributed by atoms with Crippen molar-refractivity contribution in [3.05, 3.63) is 25.5 Å². The van der Waals surface area contributed by atoms with E-state index in [4.69, 9.17) is 10.2 Å². The van der Waals surface area contributed by atoms with Crippen molar-refractivity contribution in [1.82, 2.24) is 0 Å². The van der Waals surface area contributed by atoms with Gasteiger partial charge in [-0.05, 0) is 6.42 Å². The molecule has 18 heavy (non-hydrogen) atoms. The van der Waals surface area contributed by atoms with Crippen LogP contribution in [-0.2, 0) is 19.1 Å². The molecule has 0 aliphatic carbocycles. The summed E-state index contributed by atoms with van der Waals surface area (Å²) in [6, 6.07) is 0. The fraction of sp³-hybridized carbons (Fsp3) is 0.364. The second kappa shape index (κ2) is 6.55. The van der Waals surface area contributed by atoms with E-state index in [9.17, 15) is 19.5 Å². The highest BCUT2D eigenvalue weighted by Crippen LogP contribution is 2.27. The van der Waals surface area contributed by atoms with Gasteiger partial charge in [-0.1, -0.05) is 12.7 Å². The first-order valence-corrected chi connectivity index (χ1v) is 4.89. The maximum absolute atomic E-state index is 11.5. The standard InChI is InChI=1S/C11H14O7/c1-3-5-7(9(14)18-4-2)11(17,10(15)16)6-8(12)13/h3-4,7,17H,1-2,5-6H2,(H,12,13)(H,15,16). The van der Waals surface area contributed by atoms with Crippen LogP contribution in [0.3, 0.4) is 0 Å². The molecule has 7 heteroatoms. The molecule has 0 aromatic rings. The summed E-state index contributed by atoms with van der Waals surface area (Å²) in [6.45, 7) is 6.43. The number of aliphatic carboxylic acids is 2. The maximum atomic E-state index is 11.5. The van der Waals surface area contributed by atoms with Gasteiger partial charge in [-0.15, -0.1) is 6.58 Å². The molecule has 0 bridgehead atoms. The van der Waals surface area contributed by atoms with Crippen molar-refractivity contribution in [2.24, 2.45) is 5.92 Å². The number of ether oxygens (including phenoxy) is 1. The van der Waals surface area contributed by atoms with E-state index in [1.807, 2.05) is 0 Å². The summed E-state index contributed by atoms with van der Waals surface area (Å²) >= 11 is 0. The Labute approximate surface area is 103 Å². The molecule has 0 fully saturated rings. The van der Waals surface area contributed by atoms with Crippen LogP contribution in [0.1, 0.15) is 12.8 Å². The summed E-state index contributed by atoms with van der Waals surface area (Å²) in [5, 5.41) is 27.4. The molecule has 7 nitrogen and oxygen atoms in total. The Bertz CT molecular complexity index is 374.